The third-order valence-electron chi connectivity index (χ3n) is 0. The molecule has 0 saturated heterocycles. The average Bonchev–Trinajstić information content (AvgIpc) is 1.00. The predicted octanol–water partition coefficient (Wildman–Crippen LogP) is -2.49. The minimum atomic E-state index is 0. The van der Waals surface area contributed by atoms with E-state index in [2.05, 4.69) is 0 Å². The predicted molar refractivity (Wildman–Crippen MR) is 20.6 cm³/mol. The summed E-state index contributed by atoms with van der Waals surface area (Å²) in [6.45, 7) is 0. The van der Waals surface area contributed by atoms with Crippen LogP contribution in [0.25, 0.3) is 0 Å². The Morgan fingerprint density at radius 1 is 1.20 bits per heavy atom. The summed E-state index contributed by atoms with van der Waals surface area (Å²) in [4.78, 5) is 0. The van der Waals surface area contributed by atoms with Crippen LogP contribution in [0, 0.1) is 0 Å². The summed E-state index contributed by atoms with van der Waals surface area (Å²) in [6, 6.07) is 0. The Hall–Kier alpha value is 2.74. The van der Waals surface area contributed by atoms with Crippen LogP contribution in [-0.2, 0) is 51.7 Å². The second kappa shape index (κ2) is 29.6. The Morgan fingerprint density at radius 2 is 1.20 bits per heavy atom. The maximum absolute atomic E-state index is 8.38. The van der Waals surface area contributed by atoms with Gasteiger partial charge in [0.1, 0.15) is 0 Å². The van der Waals surface area contributed by atoms with Gasteiger partial charge in [-0.1, -0.05) is 0 Å². The van der Waals surface area contributed by atoms with Crippen molar-refractivity contribution in [2.24, 2.45) is 0 Å². The van der Waals surface area contributed by atoms with Gasteiger partial charge in [0.25, 0.3) is 0 Å². The van der Waals surface area contributed by atoms with Gasteiger partial charge in [0.15, 0.2) is 0 Å². The van der Waals surface area contributed by atoms with Gasteiger partial charge < -0.3 is 0 Å². The molecule has 0 atom stereocenters. The zero-order valence-corrected chi connectivity index (χ0v) is 9.10. The van der Waals surface area contributed by atoms with E-state index >= 15 is 0 Å². The molecule has 0 N–H and O–H groups in total. The molecule has 5 heteroatoms. The molecule has 0 rings (SSSR count). The van der Waals surface area contributed by atoms with E-state index in [1.54, 1.807) is 0 Å². The van der Waals surface area contributed by atoms with Crippen molar-refractivity contribution in [3.05, 3.63) is 0 Å². The molecule has 28 valence electrons. The van der Waals surface area contributed by atoms with Crippen molar-refractivity contribution in [2.75, 3.05) is 0 Å². The van der Waals surface area contributed by atoms with Crippen LogP contribution in [0.15, 0.2) is 0 Å². The zero-order chi connectivity index (χ0) is 2.00. The van der Waals surface area contributed by atoms with Crippen molar-refractivity contribution in [1.29, 1.82) is 0 Å². The molecule has 0 heterocycles. The molecule has 0 bridgehead atoms. The van der Waals surface area contributed by atoms with E-state index in [1.807, 2.05) is 0 Å². The molecule has 0 aromatic heterocycles. The van der Waals surface area contributed by atoms with E-state index < -0.39 is 0 Å². The maximum atomic E-state index is 8.38. The van der Waals surface area contributed by atoms with Crippen LogP contribution in [0.5, 0.6) is 0 Å². The summed E-state index contributed by atoms with van der Waals surface area (Å²) < 4.78 is 8.38. The topological polar surface area (TPSA) is 17.1 Å². The summed E-state index contributed by atoms with van der Waals surface area (Å²) in [6.07, 6.45) is 0. The van der Waals surface area contributed by atoms with Crippen LogP contribution < -0.4 is 0 Å². The molecule has 5 heavy (non-hydrogen) atoms. The molecular weight excluding hydrogens is 346 g/mol. The Morgan fingerprint density at radius 3 is 1.20 bits per heavy atom. The molecule has 0 aliphatic rings. The fraction of sp³-hybridized carbons (Fsp3) is 0. The Balaban J connectivity index is -0.00000000167. The maximum Gasteiger partial charge on any atom is 0 e. The Bertz CT molecular complexity index is 11.6. The fourth-order valence-electron chi connectivity index (χ4n) is 0. The van der Waals surface area contributed by atoms with Crippen molar-refractivity contribution < 1.29 is 51.7 Å². The first kappa shape index (κ1) is 25.1. The second-order valence-electron chi connectivity index (χ2n) is 0. The minimum Gasteiger partial charge on any atom is 0 e. The largest absolute Gasteiger partial charge is 0 e. The smallest absolute Gasteiger partial charge is 0 e. The molecule has 0 amide bonds. The molecule has 0 aromatic rings. The fourth-order valence-corrected chi connectivity index (χ4v) is 0. The minimum absolute atomic E-state index is 0. The normalized spacial score (nSPS) is 0.800. The molecule has 1 nitrogen and oxygen atoms in total. The standard InChI is InChI=1S/GeH2O.Sn.Ti.Zr.4H/c1-2;;;;;;;/h1H2;;;;;;;. The Kier molecular flexibility index (Phi) is 149. The van der Waals surface area contributed by atoms with E-state index in [0.29, 0.717) is 0 Å². The number of hydrogen-bond acceptors (Lipinski definition) is 1. The van der Waals surface area contributed by atoms with E-state index in [-0.39, 0.29) is 88.3 Å². The molecular formula is H6GeOSnTiZr. The van der Waals surface area contributed by atoms with Crippen LogP contribution >= 0.6 is 0 Å². The van der Waals surface area contributed by atoms with Crippen LogP contribution in [0.1, 0.15) is 0 Å². The summed E-state index contributed by atoms with van der Waals surface area (Å²) in [7, 11) is 0. The zero-order valence-electron chi connectivity index (χ0n) is 2.12. The van der Waals surface area contributed by atoms with Crippen molar-refractivity contribution in [3.8, 4) is 0 Å². The van der Waals surface area contributed by atoms with Gasteiger partial charge in [-0.05, 0) is 0 Å². The van der Waals surface area contributed by atoms with Crippen molar-refractivity contribution in [1.82, 2.24) is 0 Å². The SMILES string of the molecule is [O]=[GeH2].[SnH4].[Ti].[Zr]. The number of hydrogen-bond donors (Lipinski definition) is 0. The third-order valence-corrected chi connectivity index (χ3v) is 0. The van der Waals surface area contributed by atoms with Gasteiger partial charge >= 0.3 is 44.1 Å². The van der Waals surface area contributed by atoms with Crippen LogP contribution in [0.3, 0.4) is 0 Å². The van der Waals surface area contributed by atoms with Crippen molar-refractivity contribution in [2.45, 2.75) is 0 Å². The molecule has 0 saturated carbocycles. The molecule has 0 unspecified atom stereocenters. The van der Waals surface area contributed by atoms with Gasteiger partial charge in [0.2, 0.25) is 0 Å². The van der Waals surface area contributed by atoms with Gasteiger partial charge in [0.05, 0.1) is 0 Å². The first-order valence-electron chi connectivity index (χ1n) is 0.289. The van der Waals surface area contributed by atoms with E-state index in [4.69, 9.17) is 3.78 Å². The molecule has 0 radical (unpaired) electrons. The third kappa shape index (κ3) is 20.2. The quantitative estimate of drug-likeness (QED) is 0.441. The first-order valence-corrected chi connectivity index (χ1v) is 1.50. The molecule has 0 fully saturated rings. The summed E-state index contributed by atoms with van der Waals surface area (Å²) in [5.41, 5.74) is 0. The monoisotopic (exact) mass is 354 g/mol. The second-order valence-corrected chi connectivity index (χ2v) is 0. The van der Waals surface area contributed by atoms with Crippen molar-refractivity contribution >= 4 is 40.4 Å². The molecule has 0 aliphatic carbocycles. The molecule has 0 aromatic carbocycles. The van der Waals surface area contributed by atoms with Gasteiger partial charge in [-0.15, -0.1) is 0 Å². The summed E-state index contributed by atoms with van der Waals surface area (Å²) >= 11 is 0.125. The molecule has 0 spiro atoms. The van der Waals surface area contributed by atoms with Crippen LogP contribution in [0.4, 0.5) is 0 Å². The van der Waals surface area contributed by atoms with Gasteiger partial charge in [-0.2, -0.15) is 0 Å². The van der Waals surface area contributed by atoms with Crippen molar-refractivity contribution in [3.63, 3.8) is 0 Å². The van der Waals surface area contributed by atoms with E-state index in [9.17, 15) is 0 Å². The Labute approximate surface area is 90.4 Å². The average molecular weight is 352 g/mol. The van der Waals surface area contributed by atoms with E-state index in [1.165, 1.54) is 0 Å². The molecule has 0 aliphatic heterocycles. The summed E-state index contributed by atoms with van der Waals surface area (Å²) in [5, 5.41) is 0. The van der Waals surface area contributed by atoms with E-state index in [0.717, 1.165) is 0 Å². The summed E-state index contributed by atoms with van der Waals surface area (Å²) in [5.74, 6) is 0. The van der Waals surface area contributed by atoms with Crippen LogP contribution in [0.2, 0.25) is 0 Å². The van der Waals surface area contributed by atoms with Gasteiger partial charge in [-0.3, -0.25) is 0 Å². The van der Waals surface area contributed by atoms with Crippen LogP contribution in [-0.4, -0.2) is 40.4 Å². The van der Waals surface area contributed by atoms with Gasteiger partial charge in [-0.25, -0.2) is 0 Å². The van der Waals surface area contributed by atoms with Gasteiger partial charge in [0, 0.05) is 47.9 Å². The number of rotatable bonds is 0. The first-order chi connectivity index (χ1) is 1.00.